The fourth-order valence-corrected chi connectivity index (χ4v) is 3.73. The van der Waals surface area contributed by atoms with Gasteiger partial charge in [0.15, 0.2) is 5.76 Å². The lowest BCUT2D eigenvalue weighted by Gasteiger charge is -2.40. The van der Waals surface area contributed by atoms with E-state index in [1.54, 1.807) is 46.5 Å². The number of urea groups is 1. The van der Waals surface area contributed by atoms with Gasteiger partial charge in [-0.15, -0.1) is 0 Å². The molecule has 3 amide bonds. The molecule has 1 aliphatic rings. The summed E-state index contributed by atoms with van der Waals surface area (Å²) in [6.07, 6.45) is 7.20. The molecule has 1 fully saturated rings. The van der Waals surface area contributed by atoms with Crippen LogP contribution in [-0.4, -0.2) is 54.4 Å². The highest BCUT2D eigenvalue weighted by molar-refractivity contribution is 6.04. The summed E-state index contributed by atoms with van der Waals surface area (Å²) in [5.41, 5.74) is 2.33. The van der Waals surface area contributed by atoms with Gasteiger partial charge in [-0.1, -0.05) is 6.07 Å². The molecule has 1 atom stereocenters. The lowest BCUT2D eigenvalue weighted by molar-refractivity contribution is 0.0607. The number of carbonyl (C=O) groups excluding carboxylic acids is 2. The molecule has 4 aromatic heterocycles. The van der Waals surface area contributed by atoms with Crippen LogP contribution in [0, 0.1) is 0 Å². The number of hydrogen-bond acceptors (Lipinski definition) is 6. The Balaban J connectivity index is 1.41. The van der Waals surface area contributed by atoms with Crippen molar-refractivity contribution in [3.63, 3.8) is 0 Å². The standard InChI is InChI=1S/C23H24N8O3/c1-14(2)27-23(33)30-10-8-20(30)31-13-17(21(29-31)16-5-3-4-9-24-16)28-22(32)19-7-6-18(34-19)15-11-25-26-12-15/h3-7,9,11-14,20H,8,10H2,1-2H3,(H,25,26)(H,27,33)(H,28,32). The number of H-pyrrole nitrogens is 1. The number of nitrogens with one attached hydrogen (secondary N) is 3. The van der Waals surface area contributed by atoms with Crippen molar-refractivity contribution in [1.82, 2.24) is 35.2 Å². The van der Waals surface area contributed by atoms with Crippen LogP contribution in [0.4, 0.5) is 10.5 Å². The molecule has 0 spiro atoms. The minimum absolute atomic E-state index is 0.0329. The molecule has 0 aromatic carbocycles. The summed E-state index contributed by atoms with van der Waals surface area (Å²) < 4.78 is 7.40. The molecule has 3 N–H and O–H groups in total. The van der Waals surface area contributed by atoms with E-state index in [1.165, 1.54) is 0 Å². The second-order valence-electron chi connectivity index (χ2n) is 8.26. The van der Waals surface area contributed by atoms with E-state index in [0.29, 0.717) is 29.4 Å². The van der Waals surface area contributed by atoms with Gasteiger partial charge in [-0.3, -0.25) is 14.9 Å². The third kappa shape index (κ3) is 4.15. The van der Waals surface area contributed by atoms with Gasteiger partial charge in [0.1, 0.15) is 17.6 Å². The van der Waals surface area contributed by atoms with Crippen LogP contribution in [0.25, 0.3) is 22.7 Å². The molecule has 0 bridgehead atoms. The number of amides is 3. The first-order valence-electron chi connectivity index (χ1n) is 11.0. The Morgan fingerprint density at radius 2 is 2.12 bits per heavy atom. The summed E-state index contributed by atoms with van der Waals surface area (Å²) in [5.74, 6) is 0.257. The molecule has 0 aliphatic carbocycles. The van der Waals surface area contributed by atoms with Gasteiger partial charge in [0.05, 0.1) is 29.3 Å². The number of anilines is 1. The number of likely N-dealkylation sites (tertiary alicyclic amines) is 1. The number of aromatic nitrogens is 5. The molecule has 0 radical (unpaired) electrons. The summed E-state index contributed by atoms with van der Waals surface area (Å²) in [6, 6.07) is 8.68. The smallest absolute Gasteiger partial charge is 0.319 e. The van der Waals surface area contributed by atoms with Crippen LogP contribution in [0.2, 0.25) is 0 Å². The number of rotatable bonds is 6. The molecule has 1 unspecified atom stereocenters. The number of aromatic amines is 1. The fourth-order valence-electron chi connectivity index (χ4n) is 3.73. The molecule has 1 aliphatic heterocycles. The maximum Gasteiger partial charge on any atom is 0.319 e. The largest absolute Gasteiger partial charge is 0.451 e. The Labute approximate surface area is 195 Å². The lowest BCUT2D eigenvalue weighted by Crippen LogP contribution is -2.53. The average molecular weight is 460 g/mol. The number of hydrogen-bond donors (Lipinski definition) is 3. The van der Waals surface area contributed by atoms with E-state index in [4.69, 9.17) is 4.42 Å². The second-order valence-corrected chi connectivity index (χ2v) is 8.26. The highest BCUT2D eigenvalue weighted by Gasteiger charge is 2.35. The van der Waals surface area contributed by atoms with Crippen molar-refractivity contribution >= 4 is 17.6 Å². The SMILES string of the molecule is CC(C)NC(=O)N1CCC1n1cc(NC(=O)c2ccc(-c3cn[nH]c3)o2)c(-c2ccccn2)n1. The molecule has 11 nitrogen and oxygen atoms in total. The molecular formula is C23H24N8O3. The zero-order chi connectivity index (χ0) is 23.7. The van der Waals surface area contributed by atoms with Crippen LogP contribution in [0.1, 0.15) is 37.0 Å². The molecule has 4 aromatic rings. The normalized spacial score (nSPS) is 15.3. The van der Waals surface area contributed by atoms with Gasteiger partial charge in [0.25, 0.3) is 5.91 Å². The Bertz CT molecular complexity index is 1290. The van der Waals surface area contributed by atoms with Crippen molar-refractivity contribution in [2.24, 2.45) is 0 Å². The summed E-state index contributed by atoms with van der Waals surface area (Å²) in [5, 5.41) is 17.1. The predicted molar refractivity (Wildman–Crippen MR) is 124 cm³/mol. The van der Waals surface area contributed by atoms with Crippen LogP contribution in [0.5, 0.6) is 0 Å². The van der Waals surface area contributed by atoms with E-state index in [2.05, 4.69) is 30.9 Å². The Morgan fingerprint density at radius 3 is 2.79 bits per heavy atom. The third-order valence-corrected chi connectivity index (χ3v) is 5.47. The molecule has 174 valence electrons. The Kier molecular flexibility index (Phi) is 5.58. The maximum absolute atomic E-state index is 13.0. The minimum Gasteiger partial charge on any atom is -0.451 e. The van der Waals surface area contributed by atoms with Gasteiger partial charge in [-0.2, -0.15) is 10.2 Å². The first-order chi connectivity index (χ1) is 16.5. The molecule has 5 heterocycles. The summed E-state index contributed by atoms with van der Waals surface area (Å²) >= 11 is 0. The van der Waals surface area contributed by atoms with Crippen molar-refractivity contribution in [2.45, 2.75) is 32.5 Å². The van der Waals surface area contributed by atoms with E-state index in [1.807, 2.05) is 32.0 Å². The molecule has 0 saturated carbocycles. The second kappa shape index (κ2) is 8.85. The number of nitrogens with zero attached hydrogens (tertiary/aromatic N) is 5. The molecule has 11 heteroatoms. The topological polar surface area (TPSA) is 134 Å². The number of carbonyl (C=O) groups is 2. The van der Waals surface area contributed by atoms with Crippen LogP contribution in [0.3, 0.4) is 0 Å². The lowest BCUT2D eigenvalue weighted by atomic mass is 10.1. The number of furan rings is 1. The highest BCUT2D eigenvalue weighted by Crippen LogP contribution is 2.33. The highest BCUT2D eigenvalue weighted by atomic mass is 16.4. The van der Waals surface area contributed by atoms with Gasteiger partial charge in [0, 0.05) is 31.4 Å². The van der Waals surface area contributed by atoms with Gasteiger partial charge < -0.3 is 20.0 Å². The van der Waals surface area contributed by atoms with E-state index in [-0.39, 0.29) is 24.0 Å². The Hall–Kier alpha value is -4.41. The van der Waals surface area contributed by atoms with Crippen molar-refractivity contribution in [1.29, 1.82) is 0 Å². The summed E-state index contributed by atoms with van der Waals surface area (Å²) in [7, 11) is 0. The molecule has 34 heavy (non-hydrogen) atoms. The van der Waals surface area contributed by atoms with Crippen LogP contribution < -0.4 is 10.6 Å². The molecular weight excluding hydrogens is 436 g/mol. The van der Waals surface area contributed by atoms with Crippen LogP contribution in [-0.2, 0) is 0 Å². The van der Waals surface area contributed by atoms with Crippen molar-refractivity contribution < 1.29 is 14.0 Å². The maximum atomic E-state index is 13.0. The average Bonchev–Trinajstić information content (AvgIpc) is 3.54. The quantitative estimate of drug-likeness (QED) is 0.403. The molecule has 5 rings (SSSR count). The zero-order valence-corrected chi connectivity index (χ0v) is 18.7. The number of pyridine rings is 1. The van der Waals surface area contributed by atoms with Gasteiger partial charge in [-0.05, 0) is 38.1 Å². The minimum atomic E-state index is -0.422. The van der Waals surface area contributed by atoms with Crippen LogP contribution >= 0.6 is 0 Å². The summed E-state index contributed by atoms with van der Waals surface area (Å²) in [6.45, 7) is 4.47. The summed E-state index contributed by atoms with van der Waals surface area (Å²) in [4.78, 5) is 31.6. The van der Waals surface area contributed by atoms with E-state index in [0.717, 1.165) is 12.0 Å². The fraction of sp³-hybridized carbons (Fsp3) is 0.261. The van der Waals surface area contributed by atoms with Crippen molar-refractivity contribution in [2.75, 3.05) is 11.9 Å². The predicted octanol–water partition coefficient (Wildman–Crippen LogP) is 3.50. The van der Waals surface area contributed by atoms with Crippen molar-refractivity contribution in [3.05, 3.63) is 60.9 Å². The Morgan fingerprint density at radius 1 is 1.24 bits per heavy atom. The van der Waals surface area contributed by atoms with Crippen LogP contribution in [0.15, 0.2) is 59.5 Å². The van der Waals surface area contributed by atoms with E-state index in [9.17, 15) is 9.59 Å². The van der Waals surface area contributed by atoms with E-state index < -0.39 is 5.91 Å². The zero-order valence-electron chi connectivity index (χ0n) is 18.7. The first kappa shape index (κ1) is 21.4. The van der Waals surface area contributed by atoms with E-state index >= 15 is 0 Å². The third-order valence-electron chi connectivity index (χ3n) is 5.47. The van der Waals surface area contributed by atoms with Gasteiger partial charge in [0.2, 0.25) is 0 Å². The van der Waals surface area contributed by atoms with Crippen molar-refractivity contribution in [3.8, 4) is 22.7 Å². The monoisotopic (exact) mass is 460 g/mol. The first-order valence-corrected chi connectivity index (χ1v) is 11.0. The van der Waals surface area contributed by atoms with Gasteiger partial charge >= 0.3 is 6.03 Å². The van der Waals surface area contributed by atoms with Gasteiger partial charge in [-0.25, -0.2) is 9.48 Å². The molecule has 1 saturated heterocycles.